The molecule has 0 spiro atoms. The molecule has 0 aliphatic carbocycles. The molecular weight excluding hydrogens is 504 g/mol. The molecule has 0 aromatic heterocycles. The first kappa shape index (κ1) is 26.3. The first-order chi connectivity index (χ1) is 20.2. The van der Waals surface area contributed by atoms with Crippen molar-refractivity contribution in [1.29, 1.82) is 0 Å². The van der Waals surface area contributed by atoms with Crippen molar-refractivity contribution in [3.63, 3.8) is 0 Å². The maximum atomic E-state index is 10.8. The number of benzene rings is 6. The lowest BCUT2D eigenvalue weighted by Crippen LogP contribution is -2.11. The molecule has 3 N–H and O–H groups in total. The third-order valence-electron chi connectivity index (χ3n) is 7.49. The van der Waals surface area contributed by atoms with E-state index >= 15 is 0 Å². The van der Waals surface area contributed by atoms with Crippen LogP contribution >= 0.6 is 0 Å². The van der Waals surface area contributed by atoms with Crippen molar-refractivity contribution in [2.75, 3.05) is 4.90 Å². The zero-order valence-corrected chi connectivity index (χ0v) is 22.7. The summed E-state index contributed by atoms with van der Waals surface area (Å²) in [7, 11) is 0. The second-order valence-corrected chi connectivity index (χ2v) is 10.2. The zero-order chi connectivity index (χ0) is 28.0. The maximum Gasteiger partial charge on any atom is 0.132 e. The van der Waals surface area contributed by atoms with Gasteiger partial charge in [0.25, 0.3) is 0 Å². The minimum absolute atomic E-state index is 0.171. The molecule has 0 radical (unpaired) electrons. The Morgan fingerprint density at radius 2 is 1.12 bits per heavy atom. The van der Waals surface area contributed by atoms with Crippen LogP contribution in [0.2, 0.25) is 0 Å². The van der Waals surface area contributed by atoms with Crippen molar-refractivity contribution in [1.82, 2.24) is 0 Å². The molecule has 0 heterocycles. The Kier molecular flexibility index (Phi) is 7.76. The standard InChI is InChI=1S/C37H32N2O2/c38-41-37(35-25-29-11-7-8-12-30(29)26-36(35)40)31-13-9-10-28(24-31)19-18-27-20-22-34(23-21-27)39(32-14-3-1-4-15-32)33-16-5-2-6-17-33/h1-17,20-26,37,40H,18-19,38H2. The van der Waals surface area contributed by atoms with Crippen molar-refractivity contribution in [2.45, 2.75) is 18.9 Å². The normalized spacial score (nSPS) is 11.8. The van der Waals surface area contributed by atoms with Crippen LogP contribution in [0.15, 0.2) is 146 Å². The predicted octanol–water partition coefficient (Wildman–Crippen LogP) is 8.78. The Morgan fingerprint density at radius 3 is 1.76 bits per heavy atom. The van der Waals surface area contributed by atoms with Crippen LogP contribution in [0.25, 0.3) is 10.8 Å². The van der Waals surface area contributed by atoms with Gasteiger partial charge in [-0.25, -0.2) is 5.90 Å². The number of hydrogen-bond acceptors (Lipinski definition) is 4. The van der Waals surface area contributed by atoms with Crippen LogP contribution in [0.5, 0.6) is 5.75 Å². The number of nitrogens with two attached hydrogens (primary N) is 1. The molecule has 0 fully saturated rings. The second-order valence-electron chi connectivity index (χ2n) is 10.2. The summed E-state index contributed by atoms with van der Waals surface area (Å²) in [5.41, 5.74) is 7.37. The predicted molar refractivity (Wildman–Crippen MR) is 168 cm³/mol. The average Bonchev–Trinajstić information content (AvgIpc) is 3.03. The van der Waals surface area contributed by atoms with E-state index in [9.17, 15) is 5.11 Å². The minimum Gasteiger partial charge on any atom is -0.508 e. The quantitative estimate of drug-likeness (QED) is 0.181. The highest BCUT2D eigenvalue weighted by molar-refractivity contribution is 5.85. The topological polar surface area (TPSA) is 58.7 Å². The molecule has 0 amide bonds. The monoisotopic (exact) mass is 536 g/mol. The molecule has 41 heavy (non-hydrogen) atoms. The Balaban J connectivity index is 1.20. The smallest absolute Gasteiger partial charge is 0.132 e. The number of anilines is 3. The van der Waals surface area contributed by atoms with Crippen molar-refractivity contribution in [2.24, 2.45) is 5.90 Å². The van der Waals surface area contributed by atoms with E-state index in [0.717, 1.165) is 46.2 Å². The summed E-state index contributed by atoms with van der Waals surface area (Å²) in [5, 5.41) is 12.8. The van der Waals surface area contributed by atoms with Crippen molar-refractivity contribution in [3.8, 4) is 5.75 Å². The van der Waals surface area contributed by atoms with E-state index in [4.69, 9.17) is 10.7 Å². The summed E-state index contributed by atoms with van der Waals surface area (Å²) >= 11 is 0. The Morgan fingerprint density at radius 1 is 0.561 bits per heavy atom. The molecule has 1 unspecified atom stereocenters. The van der Waals surface area contributed by atoms with Gasteiger partial charge in [0.15, 0.2) is 0 Å². The highest BCUT2D eigenvalue weighted by atomic mass is 16.6. The number of nitrogens with zero attached hydrogens (tertiary/aromatic N) is 1. The zero-order valence-electron chi connectivity index (χ0n) is 22.7. The first-order valence-electron chi connectivity index (χ1n) is 13.8. The van der Waals surface area contributed by atoms with Crippen LogP contribution in [0, 0.1) is 0 Å². The lowest BCUT2D eigenvalue weighted by molar-refractivity contribution is 0.0796. The van der Waals surface area contributed by atoms with E-state index in [1.165, 1.54) is 11.1 Å². The number of aryl methyl sites for hydroxylation is 2. The van der Waals surface area contributed by atoms with Crippen molar-refractivity contribution >= 4 is 27.8 Å². The number of aromatic hydroxyl groups is 1. The van der Waals surface area contributed by atoms with Crippen LogP contribution in [-0.4, -0.2) is 5.11 Å². The summed E-state index contributed by atoms with van der Waals surface area (Å²) in [6.07, 6.45) is 1.20. The Hall–Kier alpha value is -4.90. The van der Waals surface area contributed by atoms with Gasteiger partial charge in [0.05, 0.1) is 0 Å². The second kappa shape index (κ2) is 12.1. The fraction of sp³-hybridized carbons (Fsp3) is 0.0811. The molecule has 0 saturated carbocycles. The molecule has 202 valence electrons. The number of rotatable bonds is 9. The van der Waals surface area contributed by atoms with Gasteiger partial charge in [0, 0.05) is 22.6 Å². The summed E-state index contributed by atoms with van der Waals surface area (Å²) in [6, 6.07) is 49.5. The molecule has 0 aliphatic heterocycles. The van der Waals surface area contributed by atoms with Gasteiger partial charge in [-0.15, -0.1) is 0 Å². The van der Waals surface area contributed by atoms with Gasteiger partial charge in [-0.05, 0) is 88.8 Å². The van der Waals surface area contributed by atoms with Crippen LogP contribution < -0.4 is 10.8 Å². The molecule has 0 aliphatic rings. The average molecular weight is 537 g/mol. The van der Waals surface area contributed by atoms with Gasteiger partial charge in [0.1, 0.15) is 11.9 Å². The molecule has 0 saturated heterocycles. The lowest BCUT2D eigenvalue weighted by atomic mass is 9.95. The molecule has 6 rings (SSSR count). The van der Waals surface area contributed by atoms with Gasteiger partial charge in [-0.2, -0.15) is 0 Å². The van der Waals surface area contributed by atoms with Crippen LogP contribution in [-0.2, 0) is 17.7 Å². The number of phenolic OH excluding ortho intramolecular Hbond substituents is 1. The largest absolute Gasteiger partial charge is 0.508 e. The van der Waals surface area contributed by atoms with Gasteiger partial charge in [-0.3, -0.25) is 4.84 Å². The number of para-hydroxylation sites is 2. The van der Waals surface area contributed by atoms with Crippen LogP contribution in [0.3, 0.4) is 0 Å². The fourth-order valence-corrected chi connectivity index (χ4v) is 5.40. The molecule has 1 atom stereocenters. The number of hydrogen-bond donors (Lipinski definition) is 2. The fourth-order valence-electron chi connectivity index (χ4n) is 5.40. The summed E-state index contributed by atoms with van der Waals surface area (Å²) < 4.78 is 0. The third kappa shape index (κ3) is 5.85. The van der Waals surface area contributed by atoms with E-state index < -0.39 is 6.10 Å². The molecular formula is C37H32N2O2. The van der Waals surface area contributed by atoms with Gasteiger partial charge >= 0.3 is 0 Å². The number of phenols is 1. The van der Waals surface area contributed by atoms with E-state index in [0.29, 0.717) is 5.56 Å². The molecule has 6 aromatic rings. The van der Waals surface area contributed by atoms with E-state index in [-0.39, 0.29) is 5.75 Å². The first-order valence-corrected chi connectivity index (χ1v) is 13.8. The van der Waals surface area contributed by atoms with E-state index in [2.05, 4.69) is 89.8 Å². The summed E-state index contributed by atoms with van der Waals surface area (Å²) in [4.78, 5) is 7.68. The molecule has 6 aromatic carbocycles. The van der Waals surface area contributed by atoms with Gasteiger partial charge in [-0.1, -0.05) is 97.1 Å². The summed E-state index contributed by atoms with van der Waals surface area (Å²) in [6.45, 7) is 0. The van der Waals surface area contributed by atoms with Crippen LogP contribution in [0.4, 0.5) is 17.1 Å². The Labute approximate surface area is 240 Å². The van der Waals surface area contributed by atoms with Crippen LogP contribution in [0.1, 0.15) is 28.4 Å². The minimum atomic E-state index is -0.569. The van der Waals surface area contributed by atoms with Gasteiger partial charge < -0.3 is 10.0 Å². The highest BCUT2D eigenvalue weighted by Crippen LogP contribution is 2.36. The molecule has 0 bridgehead atoms. The SMILES string of the molecule is NOC(c1cccc(CCc2ccc(N(c3ccccc3)c3ccccc3)cc2)c1)c1cc2ccccc2cc1O. The summed E-state index contributed by atoms with van der Waals surface area (Å²) in [5.74, 6) is 5.94. The Bertz CT molecular complexity index is 1700. The van der Waals surface area contributed by atoms with Gasteiger partial charge in [0.2, 0.25) is 0 Å². The van der Waals surface area contributed by atoms with Crippen molar-refractivity contribution < 1.29 is 9.94 Å². The lowest BCUT2D eigenvalue weighted by Gasteiger charge is -2.25. The van der Waals surface area contributed by atoms with E-state index in [1.54, 1.807) is 6.07 Å². The highest BCUT2D eigenvalue weighted by Gasteiger charge is 2.19. The third-order valence-corrected chi connectivity index (χ3v) is 7.49. The number of fused-ring (bicyclic) bond motifs is 1. The molecule has 4 heteroatoms. The maximum absolute atomic E-state index is 10.8. The molecule has 4 nitrogen and oxygen atoms in total. The van der Waals surface area contributed by atoms with Crippen molar-refractivity contribution in [3.05, 3.63) is 168 Å². The van der Waals surface area contributed by atoms with E-state index in [1.807, 2.05) is 54.6 Å².